The van der Waals surface area contributed by atoms with E-state index in [9.17, 15) is 0 Å². The van der Waals surface area contributed by atoms with E-state index in [4.69, 9.17) is 9.84 Å². The molecule has 5 heteroatoms. The highest BCUT2D eigenvalue weighted by atomic mass is 79.9. The Kier molecular flexibility index (Phi) is 4.33. The van der Waals surface area contributed by atoms with E-state index in [-0.39, 0.29) is 6.04 Å². The minimum absolute atomic E-state index is 0.130. The molecule has 2 heterocycles. The molecule has 28 heavy (non-hydrogen) atoms. The average Bonchev–Trinajstić information content (AvgIpc) is 3.17. The van der Waals surface area contributed by atoms with Gasteiger partial charge in [-0.05, 0) is 35.9 Å². The van der Waals surface area contributed by atoms with E-state index in [2.05, 4.69) is 86.3 Å². The lowest BCUT2D eigenvalue weighted by Crippen LogP contribution is -2.48. The van der Waals surface area contributed by atoms with Crippen LogP contribution < -0.4 is 4.74 Å². The van der Waals surface area contributed by atoms with Crippen molar-refractivity contribution >= 4 is 37.6 Å². The van der Waals surface area contributed by atoms with Crippen LogP contribution in [0.3, 0.4) is 0 Å². The van der Waals surface area contributed by atoms with Crippen molar-refractivity contribution in [2.24, 2.45) is 5.10 Å². The summed E-state index contributed by atoms with van der Waals surface area (Å²) in [4.78, 5) is 0. The average molecular weight is 498 g/mol. The Morgan fingerprint density at radius 2 is 1.68 bits per heavy atom. The second-order valence-electron chi connectivity index (χ2n) is 7.25. The molecule has 0 bridgehead atoms. The number of hydrogen-bond acceptors (Lipinski definition) is 3. The van der Waals surface area contributed by atoms with Gasteiger partial charge in [-0.15, -0.1) is 0 Å². The van der Waals surface area contributed by atoms with Crippen LogP contribution in [-0.2, 0) is 5.72 Å². The van der Waals surface area contributed by atoms with E-state index in [1.54, 1.807) is 0 Å². The molecule has 2 aliphatic rings. The van der Waals surface area contributed by atoms with Crippen LogP contribution in [0.5, 0.6) is 5.75 Å². The molecule has 5 rings (SSSR count). The molecule has 2 atom stereocenters. The fraction of sp³-hybridized carbons (Fsp3) is 0.174. The Morgan fingerprint density at radius 3 is 2.43 bits per heavy atom. The van der Waals surface area contributed by atoms with E-state index < -0.39 is 5.72 Å². The SMILES string of the molecule is C[C@@]1(c2ccc(Br)cc2)Oc2ccc(Br)cc2[C@H]2CC(c3ccccc3)=NN21. The first-order chi connectivity index (χ1) is 13.5. The Labute approximate surface area is 181 Å². The number of ether oxygens (including phenoxy) is 1. The number of hydrogen-bond donors (Lipinski definition) is 0. The van der Waals surface area contributed by atoms with Crippen molar-refractivity contribution in [1.29, 1.82) is 0 Å². The summed E-state index contributed by atoms with van der Waals surface area (Å²) in [7, 11) is 0. The van der Waals surface area contributed by atoms with Gasteiger partial charge in [-0.1, -0.05) is 74.3 Å². The molecular weight excluding hydrogens is 480 g/mol. The maximum Gasteiger partial charge on any atom is 0.221 e. The van der Waals surface area contributed by atoms with Crippen LogP contribution in [-0.4, -0.2) is 10.7 Å². The monoisotopic (exact) mass is 496 g/mol. The molecule has 0 fully saturated rings. The highest BCUT2D eigenvalue weighted by Gasteiger charge is 2.48. The second-order valence-corrected chi connectivity index (χ2v) is 9.08. The molecule has 0 saturated carbocycles. The summed E-state index contributed by atoms with van der Waals surface area (Å²) in [5.41, 5.74) is 3.81. The van der Waals surface area contributed by atoms with Gasteiger partial charge >= 0.3 is 0 Å². The molecule has 0 radical (unpaired) electrons. The topological polar surface area (TPSA) is 24.8 Å². The zero-order valence-electron chi connectivity index (χ0n) is 15.3. The van der Waals surface area contributed by atoms with E-state index >= 15 is 0 Å². The lowest BCUT2D eigenvalue weighted by Gasteiger charge is -2.46. The van der Waals surface area contributed by atoms with Crippen LogP contribution in [0.4, 0.5) is 0 Å². The molecule has 0 unspecified atom stereocenters. The van der Waals surface area contributed by atoms with Crippen LogP contribution in [0, 0.1) is 0 Å². The molecule has 3 aromatic carbocycles. The summed E-state index contributed by atoms with van der Waals surface area (Å²) in [5.74, 6) is 0.916. The van der Waals surface area contributed by atoms with Crippen molar-refractivity contribution in [3.05, 3.63) is 98.4 Å². The van der Waals surface area contributed by atoms with Gasteiger partial charge in [-0.2, -0.15) is 5.10 Å². The standard InChI is InChI=1S/C23H18Br2N2O/c1-23(16-7-9-17(24)10-8-16)27-21(19-13-18(25)11-12-22(19)28-23)14-20(26-27)15-5-3-2-4-6-15/h2-13,21H,14H2,1H3/t21-,23+/m1/s1. The predicted molar refractivity (Wildman–Crippen MR) is 118 cm³/mol. The van der Waals surface area contributed by atoms with Crippen molar-refractivity contribution in [2.75, 3.05) is 0 Å². The summed E-state index contributed by atoms with van der Waals surface area (Å²) < 4.78 is 8.68. The van der Waals surface area contributed by atoms with Crippen LogP contribution in [0.1, 0.15) is 36.1 Å². The van der Waals surface area contributed by atoms with Crippen molar-refractivity contribution in [1.82, 2.24) is 5.01 Å². The molecule has 0 aliphatic carbocycles. The predicted octanol–water partition coefficient (Wildman–Crippen LogP) is 6.63. The van der Waals surface area contributed by atoms with Gasteiger partial charge in [0.2, 0.25) is 5.72 Å². The van der Waals surface area contributed by atoms with Crippen molar-refractivity contribution in [3.63, 3.8) is 0 Å². The van der Waals surface area contributed by atoms with Gasteiger partial charge in [0.25, 0.3) is 0 Å². The molecule has 0 saturated heterocycles. The quantitative estimate of drug-likeness (QED) is 0.397. The third-order valence-corrected chi connectivity index (χ3v) is 6.50. The van der Waals surface area contributed by atoms with E-state index in [0.717, 1.165) is 38.0 Å². The highest BCUT2D eigenvalue weighted by molar-refractivity contribution is 9.10. The molecule has 3 nitrogen and oxygen atoms in total. The number of halogens is 2. The largest absolute Gasteiger partial charge is 0.462 e. The van der Waals surface area contributed by atoms with Crippen molar-refractivity contribution in [2.45, 2.75) is 25.1 Å². The smallest absolute Gasteiger partial charge is 0.221 e. The Bertz CT molecular complexity index is 1070. The molecule has 3 aromatic rings. The maximum absolute atomic E-state index is 6.58. The fourth-order valence-electron chi connectivity index (χ4n) is 4.03. The Hall–Kier alpha value is -2.11. The molecule has 0 amide bonds. The number of nitrogens with zero attached hydrogens (tertiary/aromatic N) is 2. The van der Waals surface area contributed by atoms with Gasteiger partial charge in [-0.3, -0.25) is 0 Å². The van der Waals surface area contributed by atoms with E-state index in [0.29, 0.717) is 0 Å². The molecule has 140 valence electrons. The lowest BCUT2D eigenvalue weighted by atomic mass is 9.92. The van der Waals surface area contributed by atoms with Crippen LogP contribution in [0.2, 0.25) is 0 Å². The second kappa shape index (κ2) is 6.75. The van der Waals surface area contributed by atoms with Gasteiger partial charge in [0.1, 0.15) is 5.75 Å². The third-order valence-electron chi connectivity index (χ3n) is 5.47. The summed E-state index contributed by atoms with van der Waals surface area (Å²) in [6.07, 6.45) is 0.850. The first kappa shape index (κ1) is 18.0. The molecule has 0 spiro atoms. The molecule has 2 aliphatic heterocycles. The summed E-state index contributed by atoms with van der Waals surface area (Å²) in [6.45, 7) is 2.10. The summed E-state index contributed by atoms with van der Waals surface area (Å²) in [6, 6.07) is 25.1. The van der Waals surface area contributed by atoms with Crippen LogP contribution in [0.25, 0.3) is 0 Å². The normalized spacial score (nSPS) is 22.9. The molecular formula is C23H18Br2N2O. The molecule has 0 N–H and O–H groups in total. The minimum Gasteiger partial charge on any atom is -0.462 e. The first-order valence-electron chi connectivity index (χ1n) is 9.21. The summed E-state index contributed by atoms with van der Waals surface area (Å²) in [5, 5.41) is 7.19. The highest BCUT2D eigenvalue weighted by Crippen LogP contribution is 2.50. The number of rotatable bonds is 2. The first-order valence-corrected chi connectivity index (χ1v) is 10.8. The maximum atomic E-state index is 6.58. The van der Waals surface area contributed by atoms with Gasteiger partial charge in [0, 0.05) is 33.4 Å². The van der Waals surface area contributed by atoms with Crippen molar-refractivity contribution in [3.8, 4) is 5.75 Å². The lowest BCUT2D eigenvalue weighted by molar-refractivity contribution is -0.112. The third kappa shape index (κ3) is 2.88. The Morgan fingerprint density at radius 1 is 0.964 bits per heavy atom. The Balaban J connectivity index is 1.66. The van der Waals surface area contributed by atoms with Gasteiger partial charge in [0.15, 0.2) is 0 Å². The van der Waals surface area contributed by atoms with E-state index in [1.165, 1.54) is 5.56 Å². The summed E-state index contributed by atoms with van der Waals surface area (Å²) >= 11 is 7.14. The zero-order valence-corrected chi connectivity index (χ0v) is 18.4. The van der Waals surface area contributed by atoms with Crippen LogP contribution >= 0.6 is 31.9 Å². The number of fused-ring (bicyclic) bond motifs is 3. The van der Waals surface area contributed by atoms with Gasteiger partial charge < -0.3 is 4.74 Å². The van der Waals surface area contributed by atoms with Crippen LogP contribution in [0.15, 0.2) is 86.8 Å². The zero-order chi connectivity index (χ0) is 19.3. The van der Waals surface area contributed by atoms with E-state index in [1.807, 2.05) is 30.3 Å². The number of benzene rings is 3. The van der Waals surface area contributed by atoms with Crippen molar-refractivity contribution < 1.29 is 4.74 Å². The van der Waals surface area contributed by atoms with Gasteiger partial charge in [-0.25, -0.2) is 5.01 Å². The number of hydrazone groups is 1. The molecule has 0 aromatic heterocycles. The fourth-order valence-corrected chi connectivity index (χ4v) is 4.68. The van der Waals surface area contributed by atoms with Gasteiger partial charge in [0.05, 0.1) is 11.8 Å². The minimum atomic E-state index is -0.678.